The summed E-state index contributed by atoms with van der Waals surface area (Å²) >= 11 is 3.49. The Bertz CT molecular complexity index is 763. The van der Waals surface area contributed by atoms with Crippen LogP contribution in [0.3, 0.4) is 0 Å². The Kier molecular flexibility index (Phi) is 3.55. The molecular weight excluding hydrogens is 312 g/mol. The second kappa shape index (κ2) is 5.35. The molecule has 1 heterocycles. The third kappa shape index (κ3) is 2.35. The van der Waals surface area contributed by atoms with Crippen molar-refractivity contribution in [1.82, 2.24) is 4.98 Å². The fourth-order valence-electron chi connectivity index (χ4n) is 2.53. The Morgan fingerprint density at radius 2 is 1.85 bits per heavy atom. The van der Waals surface area contributed by atoms with E-state index < -0.39 is 0 Å². The normalized spacial score (nSPS) is 12.6. The molecule has 2 N–H and O–H groups in total. The summed E-state index contributed by atoms with van der Waals surface area (Å²) < 4.78 is 1.07. The molecule has 3 aromatic rings. The van der Waals surface area contributed by atoms with Crippen LogP contribution in [0, 0.1) is 6.92 Å². The van der Waals surface area contributed by atoms with E-state index in [2.05, 4.69) is 58.2 Å². The molecule has 0 saturated carbocycles. The number of nitrogens with two attached hydrogens (primary N) is 1. The second-order valence-corrected chi connectivity index (χ2v) is 5.82. The molecule has 1 aromatic heterocycles. The molecule has 2 aromatic carbocycles. The maximum absolute atomic E-state index is 6.48. The largest absolute Gasteiger partial charge is 0.320 e. The van der Waals surface area contributed by atoms with Crippen molar-refractivity contribution in [2.24, 2.45) is 5.73 Å². The predicted molar refractivity (Wildman–Crippen MR) is 86.7 cm³/mol. The SMILES string of the molecule is Cc1cc(Br)ccc1C(N)c1cccc2cccnc12. The molecule has 1 atom stereocenters. The van der Waals surface area contributed by atoms with Crippen molar-refractivity contribution in [2.75, 3.05) is 0 Å². The van der Waals surface area contributed by atoms with E-state index in [0.717, 1.165) is 26.5 Å². The highest BCUT2D eigenvalue weighted by Gasteiger charge is 2.14. The van der Waals surface area contributed by atoms with E-state index in [0.29, 0.717) is 0 Å². The average molecular weight is 327 g/mol. The molecule has 0 amide bonds. The lowest BCUT2D eigenvalue weighted by molar-refractivity contribution is 0.866. The number of para-hydroxylation sites is 1. The van der Waals surface area contributed by atoms with Crippen molar-refractivity contribution in [3.63, 3.8) is 0 Å². The molecule has 0 spiro atoms. The lowest BCUT2D eigenvalue weighted by atomic mass is 9.94. The minimum Gasteiger partial charge on any atom is -0.320 e. The van der Waals surface area contributed by atoms with E-state index in [4.69, 9.17) is 5.73 Å². The molecule has 0 saturated heterocycles. The zero-order valence-electron chi connectivity index (χ0n) is 11.2. The zero-order chi connectivity index (χ0) is 14.1. The molecular formula is C17H15BrN2. The third-order valence-corrected chi connectivity index (χ3v) is 4.06. The summed E-state index contributed by atoms with van der Waals surface area (Å²) in [5.74, 6) is 0. The molecule has 3 rings (SSSR count). The summed E-state index contributed by atoms with van der Waals surface area (Å²) in [6.45, 7) is 2.08. The molecule has 2 nitrogen and oxygen atoms in total. The van der Waals surface area contributed by atoms with Crippen LogP contribution in [0.5, 0.6) is 0 Å². The highest BCUT2D eigenvalue weighted by molar-refractivity contribution is 9.10. The van der Waals surface area contributed by atoms with E-state index in [9.17, 15) is 0 Å². The fourth-order valence-corrected chi connectivity index (χ4v) is 3.01. The van der Waals surface area contributed by atoms with E-state index in [1.54, 1.807) is 0 Å². The number of halogens is 1. The molecule has 0 bridgehead atoms. The number of fused-ring (bicyclic) bond motifs is 1. The van der Waals surface area contributed by atoms with Crippen LogP contribution >= 0.6 is 15.9 Å². The van der Waals surface area contributed by atoms with Gasteiger partial charge in [0.25, 0.3) is 0 Å². The summed E-state index contributed by atoms with van der Waals surface area (Å²) in [5, 5.41) is 1.12. The van der Waals surface area contributed by atoms with Crippen molar-refractivity contribution in [3.8, 4) is 0 Å². The number of pyridine rings is 1. The van der Waals surface area contributed by atoms with Gasteiger partial charge >= 0.3 is 0 Å². The second-order valence-electron chi connectivity index (χ2n) is 4.90. The van der Waals surface area contributed by atoms with Crippen molar-refractivity contribution < 1.29 is 0 Å². The van der Waals surface area contributed by atoms with Gasteiger partial charge in [0.1, 0.15) is 0 Å². The van der Waals surface area contributed by atoms with Crippen LogP contribution in [0.1, 0.15) is 22.7 Å². The highest BCUT2D eigenvalue weighted by atomic mass is 79.9. The minimum absolute atomic E-state index is 0.165. The maximum Gasteiger partial charge on any atom is 0.0753 e. The molecule has 3 heteroatoms. The zero-order valence-corrected chi connectivity index (χ0v) is 12.8. The number of aromatic nitrogens is 1. The van der Waals surface area contributed by atoms with E-state index >= 15 is 0 Å². The quantitative estimate of drug-likeness (QED) is 0.760. The van der Waals surface area contributed by atoms with Crippen LogP contribution in [0.15, 0.2) is 59.2 Å². The first-order chi connectivity index (χ1) is 9.66. The van der Waals surface area contributed by atoms with Crippen LogP contribution in [-0.4, -0.2) is 4.98 Å². The molecule has 0 aliphatic carbocycles. The number of hydrogen-bond acceptors (Lipinski definition) is 2. The van der Waals surface area contributed by atoms with Crippen molar-refractivity contribution in [3.05, 3.63) is 75.9 Å². The first-order valence-electron chi connectivity index (χ1n) is 6.52. The number of benzene rings is 2. The lowest BCUT2D eigenvalue weighted by Crippen LogP contribution is -2.14. The first-order valence-corrected chi connectivity index (χ1v) is 7.31. The van der Waals surface area contributed by atoms with Gasteiger partial charge in [-0.2, -0.15) is 0 Å². The topological polar surface area (TPSA) is 38.9 Å². The van der Waals surface area contributed by atoms with E-state index in [1.807, 2.05) is 24.4 Å². The van der Waals surface area contributed by atoms with Crippen LogP contribution in [0.2, 0.25) is 0 Å². The van der Waals surface area contributed by atoms with Gasteiger partial charge in [-0.25, -0.2) is 0 Å². The van der Waals surface area contributed by atoms with Crippen LogP contribution in [0.25, 0.3) is 10.9 Å². The smallest absolute Gasteiger partial charge is 0.0753 e. The molecule has 20 heavy (non-hydrogen) atoms. The Hall–Kier alpha value is -1.71. The molecule has 0 aliphatic rings. The van der Waals surface area contributed by atoms with E-state index in [1.165, 1.54) is 5.56 Å². The summed E-state index contributed by atoms with van der Waals surface area (Å²) in [6.07, 6.45) is 1.81. The average Bonchev–Trinajstić information content (AvgIpc) is 2.46. The number of aryl methyl sites for hydroxylation is 1. The minimum atomic E-state index is -0.165. The van der Waals surface area contributed by atoms with Gasteiger partial charge < -0.3 is 5.73 Å². The Morgan fingerprint density at radius 1 is 1.05 bits per heavy atom. The molecule has 0 fully saturated rings. The third-order valence-electron chi connectivity index (χ3n) is 3.57. The monoisotopic (exact) mass is 326 g/mol. The number of hydrogen-bond donors (Lipinski definition) is 1. The summed E-state index contributed by atoms with van der Waals surface area (Å²) in [5.41, 5.74) is 10.8. The van der Waals surface area contributed by atoms with Crippen LogP contribution < -0.4 is 5.73 Å². The van der Waals surface area contributed by atoms with Crippen molar-refractivity contribution >= 4 is 26.8 Å². The van der Waals surface area contributed by atoms with E-state index in [-0.39, 0.29) is 6.04 Å². The highest BCUT2D eigenvalue weighted by Crippen LogP contribution is 2.28. The predicted octanol–water partition coefficient (Wildman–Crippen LogP) is 4.35. The van der Waals surface area contributed by atoms with Crippen LogP contribution in [0.4, 0.5) is 0 Å². The Morgan fingerprint density at radius 3 is 2.65 bits per heavy atom. The van der Waals surface area contributed by atoms with Gasteiger partial charge in [0.05, 0.1) is 11.6 Å². The molecule has 0 radical (unpaired) electrons. The molecule has 0 aliphatic heterocycles. The Labute approximate surface area is 126 Å². The Balaban J connectivity index is 2.15. The van der Waals surface area contributed by atoms with Gasteiger partial charge in [0.2, 0.25) is 0 Å². The van der Waals surface area contributed by atoms with Gasteiger partial charge in [0.15, 0.2) is 0 Å². The standard InChI is InChI=1S/C17H15BrN2/c1-11-10-13(18)7-8-14(11)16(19)15-6-2-4-12-5-3-9-20-17(12)15/h2-10,16H,19H2,1H3. The van der Waals surface area contributed by atoms with Crippen LogP contribution in [-0.2, 0) is 0 Å². The van der Waals surface area contributed by atoms with Gasteiger partial charge in [-0.1, -0.05) is 46.3 Å². The first kappa shape index (κ1) is 13.3. The number of nitrogens with zero attached hydrogens (tertiary/aromatic N) is 1. The van der Waals surface area contributed by atoms with Crippen molar-refractivity contribution in [2.45, 2.75) is 13.0 Å². The maximum atomic E-state index is 6.48. The summed E-state index contributed by atoms with van der Waals surface area (Å²) in [4.78, 5) is 4.49. The van der Waals surface area contributed by atoms with Crippen molar-refractivity contribution in [1.29, 1.82) is 0 Å². The van der Waals surface area contributed by atoms with Gasteiger partial charge in [0, 0.05) is 16.1 Å². The van der Waals surface area contributed by atoms with Gasteiger partial charge in [-0.3, -0.25) is 4.98 Å². The van der Waals surface area contributed by atoms with Gasteiger partial charge in [-0.05, 0) is 41.8 Å². The van der Waals surface area contributed by atoms with Gasteiger partial charge in [-0.15, -0.1) is 0 Å². The fraction of sp³-hybridized carbons (Fsp3) is 0.118. The molecule has 100 valence electrons. The summed E-state index contributed by atoms with van der Waals surface area (Å²) in [6, 6.07) is 16.2. The number of rotatable bonds is 2. The molecule has 1 unspecified atom stereocenters. The summed E-state index contributed by atoms with van der Waals surface area (Å²) in [7, 11) is 0. The lowest BCUT2D eigenvalue weighted by Gasteiger charge is -2.17.